The van der Waals surface area contributed by atoms with E-state index in [0.29, 0.717) is 24.7 Å². The predicted octanol–water partition coefficient (Wildman–Crippen LogP) is 2.27. The molecular formula is C15H18N2O2. The van der Waals surface area contributed by atoms with Gasteiger partial charge in [-0.25, -0.2) is 0 Å². The molecule has 19 heavy (non-hydrogen) atoms. The first-order valence-electron chi connectivity index (χ1n) is 6.87. The molecule has 0 saturated heterocycles. The van der Waals surface area contributed by atoms with Gasteiger partial charge >= 0.3 is 0 Å². The molecule has 0 radical (unpaired) electrons. The van der Waals surface area contributed by atoms with Crippen LogP contribution in [0.15, 0.2) is 28.8 Å². The Bertz CT molecular complexity index is 551. The van der Waals surface area contributed by atoms with Gasteiger partial charge in [-0.1, -0.05) is 29.4 Å². The van der Waals surface area contributed by atoms with Crippen LogP contribution in [0.1, 0.15) is 41.6 Å². The van der Waals surface area contributed by atoms with Gasteiger partial charge in [0.15, 0.2) is 5.82 Å². The summed E-state index contributed by atoms with van der Waals surface area (Å²) in [4.78, 5) is 4.46. The molecule has 1 aromatic carbocycles. The number of aliphatic hydroxyl groups is 1. The summed E-state index contributed by atoms with van der Waals surface area (Å²) < 4.78 is 5.24. The standard InChI is InChI=1S/C15H18N2O2/c18-9-3-6-14-16-15(17-19-14)13-8-7-11-4-1-2-5-12(11)10-13/h1-2,4-5,13,18H,3,6-10H2. The number of nitrogens with zero attached hydrogens (tertiary/aromatic N) is 2. The van der Waals surface area contributed by atoms with Crippen molar-refractivity contribution in [1.29, 1.82) is 0 Å². The van der Waals surface area contributed by atoms with E-state index >= 15 is 0 Å². The third-order valence-corrected chi connectivity index (χ3v) is 3.74. The van der Waals surface area contributed by atoms with Crippen LogP contribution in [0.25, 0.3) is 0 Å². The van der Waals surface area contributed by atoms with E-state index < -0.39 is 0 Å². The Kier molecular flexibility index (Phi) is 3.60. The van der Waals surface area contributed by atoms with Gasteiger partial charge in [-0.05, 0) is 36.8 Å². The molecule has 0 bridgehead atoms. The van der Waals surface area contributed by atoms with Crippen LogP contribution < -0.4 is 0 Å². The van der Waals surface area contributed by atoms with Crippen molar-refractivity contribution in [2.24, 2.45) is 0 Å². The lowest BCUT2D eigenvalue weighted by atomic mass is 9.83. The first kappa shape index (κ1) is 12.4. The Morgan fingerprint density at radius 3 is 2.95 bits per heavy atom. The fourth-order valence-corrected chi connectivity index (χ4v) is 2.68. The maximum Gasteiger partial charge on any atom is 0.226 e. The molecule has 3 rings (SSSR count). The van der Waals surface area contributed by atoms with Crippen molar-refractivity contribution in [3.05, 3.63) is 47.1 Å². The third-order valence-electron chi connectivity index (χ3n) is 3.74. The van der Waals surface area contributed by atoms with E-state index in [4.69, 9.17) is 9.63 Å². The number of aliphatic hydroxyl groups excluding tert-OH is 1. The topological polar surface area (TPSA) is 59.2 Å². The van der Waals surface area contributed by atoms with Crippen molar-refractivity contribution in [3.8, 4) is 0 Å². The van der Waals surface area contributed by atoms with E-state index in [2.05, 4.69) is 34.4 Å². The molecule has 1 unspecified atom stereocenters. The van der Waals surface area contributed by atoms with Gasteiger partial charge < -0.3 is 9.63 Å². The summed E-state index contributed by atoms with van der Waals surface area (Å²) in [5.41, 5.74) is 2.85. The highest BCUT2D eigenvalue weighted by Crippen LogP contribution is 2.31. The Morgan fingerprint density at radius 1 is 1.26 bits per heavy atom. The zero-order valence-corrected chi connectivity index (χ0v) is 10.9. The van der Waals surface area contributed by atoms with Crippen LogP contribution in [0.2, 0.25) is 0 Å². The quantitative estimate of drug-likeness (QED) is 0.914. The third kappa shape index (κ3) is 2.68. The van der Waals surface area contributed by atoms with Crippen molar-refractivity contribution in [1.82, 2.24) is 10.1 Å². The van der Waals surface area contributed by atoms with Gasteiger partial charge in [0.05, 0.1) is 0 Å². The van der Waals surface area contributed by atoms with Crippen LogP contribution in [0.3, 0.4) is 0 Å². The molecule has 2 aromatic rings. The number of aromatic nitrogens is 2. The summed E-state index contributed by atoms with van der Waals surface area (Å²) in [6.45, 7) is 0.161. The summed E-state index contributed by atoms with van der Waals surface area (Å²) in [5.74, 6) is 1.83. The van der Waals surface area contributed by atoms with Crippen LogP contribution in [-0.4, -0.2) is 21.9 Å². The van der Waals surface area contributed by atoms with Gasteiger partial charge in [0.25, 0.3) is 0 Å². The largest absolute Gasteiger partial charge is 0.396 e. The molecule has 4 heteroatoms. The number of benzene rings is 1. The molecular weight excluding hydrogens is 240 g/mol. The Morgan fingerprint density at radius 2 is 2.11 bits per heavy atom. The molecule has 1 aliphatic rings. The van der Waals surface area contributed by atoms with Gasteiger partial charge in [0.1, 0.15) is 0 Å². The van der Waals surface area contributed by atoms with Crippen LogP contribution >= 0.6 is 0 Å². The maximum atomic E-state index is 8.80. The molecule has 1 N–H and O–H groups in total. The van der Waals surface area contributed by atoms with Crippen LogP contribution in [0.5, 0.6) is 0 Å². The molecule has 4 nitrogen and oxygen atoms in total. The Balaban J connectivity index is 1.72. The fraction of sp³-hybridized carbons (Fsp3) is 0.467. The summed E-state index contributed by atoms with van der Waals surface area (Å²) in [5, 5.41) is 12.9. The molecule has 1 heterocycles. The number of hydrogen-bond donors (Lipinski definition) is 1. The number of fused-ring (bicyclic) bond motifs is 1. The molecule has 100 valence electrons. The summed E-state index contributed by atoms with van der Waals surface area (Å²) in [6, 6.07) is 8.58. The monoisotopic (exact) mass is 258 g/mol. The highest BCUT2D eigenvalue weighted by molar-refractivity contribution is 5.31. The molecule has 0 amide bonds. The molecule has 0 fully saturated rings. The maximum absolute atomic E-state index is 8.80. The molecule has 1 aromatic heterocycles. The van der Waals surface area contributed by atoms with E-state index in [1.54, 1.807) is 0 Å². The SMILES string of the molecule is OCCCc1nc(C2CCc3ccccc3C2)no1. The van der Waals surface area contributed by atoms with Crippen molar-refractivity contribution < 1.29 is 9.63 Å². The zero-order valence-electron chi connectivity index (χ0n) is 10.9. The van der Waals surface area contributed by atoms with Gasteiger partial charge in [-0.3, -0.25) is 0 Å². The van der Waals surface area contributed by atoms with Crippen molar-refractivity contribution in [2.75, 3.05) is 6.61 Å². The minimum absolute atomic E-state index is 0.161. The lowest BCUT2D eigenvalue weighted by Crippen LogP contribution is -2.13. The van der Waals surface area contributed by atoms with Crippen molar-refractivity contribution in [3.63, 3.8) is 0 Å². The first-order chi connectivity index (χ1) is 9.36. The van der Waals surface area contributed by atoms with E-state index in [9.17, 15) is 0 Å². The van der Waals surface area contributed by atoms with Crippen molar-refractivity contribution >= 4 is 0 Å². The second-order valence-corrected chi connectivity index (χ2v) is 5.08. The molecule has 0 saturated carbocycles. The van der Waals surface area contributed by atoms with E-state index in [1.165, 1.54) is 11.1 Å². The molecule has 1 atom stereocenters. The van der Waals surface area contributed by atoms with Crippen LogP contribution in [-0.2, 0) is 19.3 Å². The van der Waals surface area contributed by atoms with Crippen molar-refractivity contribution in [2.45, 2.75) is 38.0 Å². The average molecular weight is 258 g/mol. The summed E-state index contributed by atoms with van der Waals surface area (Å²) in [7, 11) is 0. The highest BCUT2D eigenvalue weighted by atomic mass is 16.5. The van der Waals surface area contributed by atoms with Gasteiger partial charge in [-0.15, -0.1) is 0 Å². The second kappa shape index (κ2) is 5.53. The molecule has 0 spiro atoms. The normalized spacial score (nSPS) is 18.3. The van der Waals surface area contributed by atoms with E-state index in [1.807, 2.05) is 0 Å². The summed E-state index contributed by atoms with van der Waals surface area (Å²) >= 11 is 0. The number of aryl methyl sites for hydroxylation is 2. The second-order valence-electron chi connectivity index (χ2n) is 5.08. The van der Waals surface area contributed by atoms with E-state index in [0.717, 1.165) is 25.1 Å². The minimum Gasteiger partial charge on any atom is -0.396 e. The highest BCUT2D eigenvalue weighted by Gasteiger charge is 2.23. The predicted molar refractivity (Wildman–Crippen MR) is 70.9 cm³/mol. The number of hydrogen-bond acceptors (Lipinski definition) is 4. The lowest BCUT2D eigenvalue weighted by Gasteiger charge is -2.21. The zero-order chi connectivity index (χ0) is 13.1. The van der Waals surface area contributed by atoms with Gasteiger partial charge in [0.2, 0.25) is 5.89 Å². The first-order valence-corrected chi connectivity index (χ1v) is 6.87. The van der Waals surface area contributed by atoms with Crippen LogP contribution in [0.4, 0.5) is 0 Å². The smallest absolute Gasteiger partial charge is 0.226 e. The summed E-state index contributed by atoms with van der Waals surface area (Å²) in [6.07, 6.45) is 4.49. The lowest BCUT2D eigenvalue weighted by molar-refractivity contribution is 0.278. The Hall–Kier alpha value is -1.68. The van der Waals surface area contributed by atoms with Gasteiger partial charge in [0, 0.05) is 18.9 Å². The van der Waals surface area contributed by atoms with Gasteiger partial charge in [-0.2, -0.15) is 4.98 Å². The van der Waals surface area contributed by atoms with Crippen LogP contribution in [0, 0.1) is 0 Å². The van der Waals surface area contributed by atoms with E-state index in [-0.39, 0.29) is 6.61 Å². The molecule has 0 aliphatic heterocycles. The Labute approximate surface area is 112 Å². The fourth-order valence-electron chi connectivity index (χ4n) is 2.68. The minimum atomic E-state index is 0.161. The molecule has 1 aliphatic carbocycles. The average Bonchev–Trinajstić information content (AvgIpc) is 2.93. The number of rotatable bonds is 4.